The normalized spacial score (nSPS) is 15.7. The van der Waals surface area contributed by atoms with Crippen LogP contribution in [0.5, 0.6) is 0 Å². The van der Waals surface area contributed by atoms with Gasteiger partial charge >= 0.3 is 11.9 Å². The van der Waals surface area contributed by atoms with Crippen LogP contribution >= 0.6 is 11.8 Å². The molecule has 0 radical (unpaired) electrons. The highest BCUT2D eigenvalue weighted by molar-refractivity contribution is 8.04. The Balaban J connectivity index is 1.53. The van der Waals surface area contributed by atoms with Crippen LogP contribution < -0.4 is 0 Å². The molecule has 26 heavy (non-hydrogen) atoms. The van der Waals surface area contributed by atoms with Gasteiger partial charge in [-0.2, -0.15) is 5.10 Å². The first kappa shape index (κ1) is 18.0. The van der Waals surface area contributed by atoms with Crippen molar-refractivity contribution < 1.29 is 23.9 Å². The number of amides is 1. The lowest BCUT2D eigenvalue weighted by atomic mass is 10.2. The highest BCUT2D eigenvalue weighted by Gasteiger charge is 2.27. The largest absolute Gasteiger partial charge is 0.466 e. The maximum Gasteiger partial charge on any atom is 0.359 e. The summed E-state index contributed by atoms with van der Waals surface area (Å²) in [5.41, 5.74) is 0.997. The monoisotopic (exact) mass is 375 g/mol. The summed E-state index contributed by atoms with van der Waals surface area (Å²) < 4.78 is 9.83. The molecule has 0 saturated carbocycles. The Morgan fingerprint density at radius 1 is 1.38 bits per heavy atom. The van der Waals surface area contributed by atoms with Gasteiger partial charge in [0.05, 0.1) is 36.1 Å². The molecule has 3 rings (SSSR count). The average Bonchev–Trinajstić information content (AvgIpc) is 3.23. The van der Waals surface area contributed by atoms with E-state index in [1.807, 2.05) is 18.2 Å². The van der Waals surface area contributed by atoms with E-state index in [1.54, 1.807) is 6.07 Å². The number of carbonyl (C=O) groups is 3. The zero-order valence-electron chi connectivity index (χ0n) is 14.1. The molecule has 1 aliphatic rings. The number of aromatic amines is 1. The highest BCUT2D eigenvalue weighted by atomic mass is 32.2. The van der Waals surface area contributed by atoms with Crippen LogP contribution in [0.2, 0.25) is 0 Å². The number of hydrogen-bond donors (Lipinski definition) is 1. The van der Waals surface area contributed by atoms with Crippen molar-refractivity contribution in [1.82, 2.24) is 15.1 Å². The van der Waals surface area contributed by atoms with Crippen molar-refractivity contribution in [2.45, 2.75) is 6.42 Å². The lowest BCUT2D eigenvalue weighted by Gasteiger charge is -2.16. The molecule has 1 saturated heterocycles. The van der Waals surface area contributed by atoms with E-state index in [0.29, 0.717) is 23.4 Å². The van der Waals surface area contributed by atoms with Gasteiger partial charge in [-0.15, -0.1) is 0 Å². The third-order valence-electron chi connectivity index (χ3n) is 3.78. The number of H-pyrrole nitrogens is 1. The van der Waals surface area contributed by atoms with Crippen LogP contribution in [0.15, 0.2) is 35.4 Å². The van der Waals surface area contributed by atoms with E-state index in [2.05, 4.69) is 14.9 Å². The number of aromatic nitrogens is 2. The molecule has 1 aromatic carbocycles. The first-order valence-electron chi connectivity index (χ1n) is 7.93. The summed E-state index contributed by atoms with van der Waals surface area (Å²) in [4.78, 5) is 36.9. The third-order valence-corrected chi connectivity index (χ3v) is 4.80. The summed E-state index contributed by atoms with van der Waals surface area (Å²) in [5.74, 6) is -0.837. The van der Waals surface area contributed by atoms with Crippen molar-refractivity contribution in [3.05, 3.63) is 41.1 Å². The number of hydrogen-bond acceptors (Lipinski definition) is 7. The second kappa shape index (κ2) is 8.05. The van der Waals surface area contributed by atoms with E-state index < -0.39 is 11.9 Å². The molecule has 9 heteroatoms. The minimum absolute atomic E-state index is 0.0882. The number of nitrogens with zero attached hydrogens (tertiary/aromatic N) is 2. The van der Waals surface area contributed by atoms with Gasteiger partial charge in [0.2, 0.25) is 5.91 Å². The first-order valence-corrected chi connectivity index (χ1v) is 8.91. The number of esters is 2. The molecule has 8 nitrogen and oxygen atoms in total. The Morgan fingerprint density at radius 2 is 2.19 bits per heavy atom. The average molecular weight is 375 g/mol. The molecule has 1 fully saturated rings. The smallest absolute Gasteiger partial charge is 0.359 e. The van der Waals surface area contributed by atoms with Crippen LogP contribution in [-0.4, -0.2) is 59.0 Å². The fourth-order valence-electron chi connectivity index (χ4n) is 2.50. The molecular weight excluding hydrogens is 358 g/mol. The molecule has 136 valence electrons. The van der Waals surface area contributed by atoms with Crippen LogP contribution in [0.1, 0.15) is 16.9 Å². The van der Waals surface area contributed by atoms with E-state index >= 15 is 0 Å². The maximum atomic E-state index is 12.2. The number of para-hydroxylation sites is 1. The SMILES string of the molecule is COC(=O)/C=C1/SCC(=O)N1CCCOC(=O)c1n[nH]c2ccccc12. The molecule has 0 atom stereocenters. The Hall–Kier alpha value is -2.81. The van der Waals surface area contributed by atoms with E-state index in [1.165, 1.54) is 29.8 Å². The predicted molar refractivity (Wildman–Crippen MR) is 95.3 cm³/mol. The second-order valence-corrected chi connectivity index (χ2v) is 6.44. The van der Waals surface area contributed by atoms with Gasteiger partial charge in [-0.3, -0.25) is 9.89 Å². The van der Waals surface area contributed by atoms with Crippen LogP contribution in [0, 0.1) is 0 Å². The zero-order valence-corrected chi connectivity index (χ0v) is 14.9. The van der Waals surface area contributed by atoms with Gasteiger partial charge in [0.15, 0.2) is 5.69 Å². The molecule has 0 unspecified atom stereocenters. The number of fused-ring (bicyclic) bond motifs is 1. The van der Waals surface area contributed by atoms with Gasteiger partial charge in [0.1, 0.15) is 0 Å². The third kappa shape index (κ3) is 3.88. The molecule has 0 spiro atoms. The van der Waals surface area contributed by atoms with Gasteiger partial charge in [-0.1, -0.05) is 30.0 Å². The van der Waals surface area contributed by atoms with Crippen LogP contribution in [0.3, 0.4) is 0 Å². The number of rotatable bonds is 6. The zero-order chi connectivity index (χ0) is 18.5. The number of methoxy groups -OCH3 is 1. The Labute approximate surface area is 153 Å². The minimum atomic E-state index is -0.519. The van der Waals surface area contributed by atoms with Crippen molar-refractivity contribution in [2.75, 3.05) is 26.0 Å². The summed E-state index contributed by atoms with van der Waals surface area (Å²) in [6, 6.07) is 7.28. The van der Waals surface area contributed by atoms with Crippen molar-refractivity contribution in [3.63, 3.8) is 0 Å². The molecule has 2 heterocycles. The molecule has 0 aliphatic carbocycles. The van der Waals surface area contributed by atoms with Gasteiger partial charge < -0.3 is 14.4 Å². The van der Waals surface area contributed by atoms with Crippen molar-refractivity contribution in [1.29, 1.82) is 0 Å². The molecule has 1 aromatic heterocycles. The Kier molecular flexibility index (Phi) is 5.57. The number of benzene rings is 1. The van der Waals surface area contributed by atoms with Crippen LogP contribution in [0.25, 0.3) is 10.9 Å². The summed E-state index contributed by atoms with van der Waals surface area (Å²) in [6.07, 6.45) is 1.73. The van der Waals surface area contributed by atoms with Crippen LogP contribution in [0.4, 0.5) is 0 Å². The number of carbonyl (C=O) groups excluding carboxylic acids is 3. The van der Waals surface area contributed by atoms with E-state index in [-0.39, 0.29) is 24.0 Å². The number of thioether (sulfide) groups is 1. The highest BCUT2D eigenvalue weighted by Crippen LogP contribution is 2.28. The fourth-order valence-corrected chi connectivity index (χ4v) is 3.46. The standard InChI is InChI=1S/C17H17N3O5S/c1-24-15(22)9-14-20(13(21)10-26-14)7-4-8-25-17(23)16-11-5-2-3-6-12(11)18-19-16/h2-3,5-6,9H,4,7-8,10H2,1H3,(H,18,19)/b14-9+. The van der Waals surface area contributed by atoms with E-state index in [4.69, 9.17) is 4.74 Å². The van der Waals surface area contributed by atoms with Gasteiger partial charge in [0, 0.05) is 11.9 Å². The Bertz CT molecular complexity index is 876. The van der Waals surface area contributed by atoms with Gasteiger partial charge in [0.25, 0.3) is 0 Å². The molecule has 1 aliphatic heterocycles. The Morgan fingerprint density at radius 3 is 3.00 bits per heavy atom. The van der Waals surface area contributed by atoms with Crippen molar-refractivity contribution >= 4 is 40.5 Å². The molecule has 1 amide bonds. The fraction of sp³-hybridized carbons (Fsp3) is 0.294. The molecule has 0 bridgehead atoms. The second-order valence-electron chi connectivity index (χ2n) is 5.45. The quantitative estimate of drug-likeness (QED) is 0.466. The summed E-state index contributed by atoms with van der Waals surface area (Å²) in [7, 11) is 1.28. The van der Waals surface area contributed by atoms with E-state index in [9.17, 15) is 14.4 Å². The van der Waals surface area contributed by atoms with Gasteiger partial charge in [-0.25, -0.2) is 9.59 Å². The minimum Gasteiger partial charge on any atom is -0.466 e. The van der Waals surface area contributed by atoms with Crippen molar-refractivity contribution in [3.8, 4) is 0 Å². The maximum absolute atomic E-state index is 12.2. The molecule has 1 N–H and O–H groups in total. The van der Waals surface area contributed by atoms with Gasteiger partial charge in [-0.05, 0) is 12.5 Å². The molecule has 2 aromatic rings. The lowest BCUT2D eigenvalue weighted by molar-refractivity contribution is -0.134. The van der Waals surface area contributed by atoms with Crippen molar-refractivity contribution in [2.24, 2.45) is 0 Å². The predicted octanol–water partition coefficient (Wildman–Crippen LogP) is 1.70. The summed E-state index contributed by atoms with van der Waals surface area (Å²) in [5, 5.41) is 8.02. The molecular formula is C17H17N3O5S. The lowest BCUT2D eigenvalue weighted by Crippen LogP contribution is -2.27. The number of nitrogens with one attached hydrogen (secondary N) is 1. The van der Waals surface area contributed by atoms with E-state index in [0.717, 1.165) is 5.52 Å². The van der Waals surface area contributed by atoms with Crippen LogP contribution in [-0.2, 0) is 19.1 Å². The topological polar surface area (TPSA) is 102 Å². The summed E-state index contributed by atoms with van der Waals surface area (Å²) in [6.45, 7) is 0.489. The summed E-state index contributed by atoms with van der Waals surface area (Å²) >= 11 is 1.28. The first-order chi connectivity index (χ1) is 12.6. The number of ether oxygens (including phenoxy) is 2.